The second-order valence-electron chi connectivity index (χ2n) is 4.28. The van der Waals surface area contributed by atoms with Crippen LogP contribution < -0.4 is 5.56 Å². The van der Waals surface area contributed by atoms with E-state index in [0.29, 0.717) is 13.0 Å². The van der Waals surface area contributed by atoms with Gasteiger partial charge in [-0.3, -0.25) is 4.79 Å². The van der Waals surface area contributed by atoms with Gasteiger partial charge in [-0.2, -0.15) is 10.4 Å². The topological polar surface area (TPSA) is 58.7 Å². The first-order valence-corrected chi connectivity index (χ1v) is 4.91. The van der Waals surface area contributed by atoms with Gasteiger partial charge in [0.05, 0.1) is 17.2 Å². The van der Waals surface area contributed by atoms with Gasteiger partial charge in [-0.15, -0.1) is 0 Å². The normalized spacial score (nSPS) is 11.1. The van der Waals surface area contributed by atoms with Crippen LogP contribution in [-0.4, -0.2) is 9.78 Å². The van der Waals surface area contributed by atoms with Crippen LogP contribution in [0.15, 0.2) is 16.9 Å². The largest absolute Gasteiger partial charge is 0.268 e. The van der Waals surface area contributed by atoms with Gasteiger partial charge in [-0.25, -0.2) is 4.68 Å². The second kappa shape index (κ2) is 4.26. The molecule has 4 heteroatoms. The highest BCUT2D eigenvalue weighted by molar-refractivity contribution is 4.97. The Kier molecular flexibility index (Phi) is 3.25. The van der Waals surface area contributed by atoms with Crippen molar-refractivity contribution in [2.75, 3.05) is 0 Å². The summed E-state index contributed by atoms with van der Waals surface area (Å²) in [6, 6.07) is 5.39. The third kappa shape index (κ3) is 3.21. The van der Waals surface area contributed by atoms with Crippen LogP contribution in [0.2, 0.25) is 0 Å². The van der Waals surface area contributed by atoms with Gasteiger partial charge in [0.15, 0.2) is 0 Å². The molecular weight excluding hydrogens is 190 g/mol. The zero-order valence-corrected chi connectivity index (χ0v) is 9.32. The molecule has 0 atom stereocenters. The summed E-state index contributed by atoms with van der Waals surface area (Å²) < 4.78 is 1.41. The van der Waals surface area contributed by atoms with Crippen molar-refractivity contribution in [3.63, 3.8) is 0 Å². The molecule has 1 aromatic rings. The summed E-state index contributed by atoms with van der Waals surface area (Å²) in [5, 5.41) is 12.9. The highest BCUT2D eigenvalue weighted by Crippen LogP contribution is 2.18. The molecule has 0 bridgehead atoms. The zero-order valence-electron chi connectivity index (χ0n) is 9.32. The van der Waals surface area contributed by atoms with Crippen molar-refractivity contribution in [1.29, 1.82) is 5.26 Å². The van der Waals surface area contributed by atoms with Gasteiger partial charge in [-0.05, 0) is 33.3 Å². The van der Waals surface area contributed by atoms with E-state index in [-0.39, 0.29) is 5.56 Å². The molecule has 1 rings (SSSR count). The Balaban J connectivity index is 2.79. The summed E-state index contributed by atoms with van der Waals surface area (Å²) in [4.78, 5) is 11.4. The summed E-state index contributed by atoms with van der Waals surface area (Å²) in [5.74, 6) is 0. The third-order valence-corrected chi connectivity index (χ3v) is 2.25. The van der Waals surface area contributed by atoms with Crippen LogP contribution in [0.4, 0.5) is 0 Å². The van der Waals surface area contributed by atoms with Crippen LogP contribution in [0, 0.1) is 23.7 Å². The molecule has 1 aromatic heterocycles. The lowest BCUT2D eigenvalue weighted by Gasteiger charge is -2.14. The number of nitriles is 1. The van der Waals surface area contributed by atoms with E-state index in [1.165, 1.54) is 10.7 Å². The molecule has 0 aliphatic rings. The van der Waals surface area contributed by atoms with Crippen molar-refractivity contribution in [3.05, 3.63) is 28.2 Å². The molecule has 80 valence electrons. The summed E-state index contributed by atoms with van der Waals surface area (Å²) in [6.45, 7) is 6.04. The fourth-order valence-electron chi connectivity index (χ4n) is 1.15. The van der Waals surface area contributed by atoms with Crippen LogP contribution in [0.3, 0.4) is 0 Å². The Labute approximate surface area is 89.2 Å². The Morgan fingerprint density at radius 2 is 2.20 bits per heavy atom. The van der Waals surface area contributed by atoms with Crippen LogP contribution in [0.5, 0.6) is 0 Å². The van der Waals surface area contributed by atoms with Crippen molar-refractivity contribution in [2.24, 2.45) is 5.41 Å². The monoisotopic (exact) mass is 205 g/mol. The molecule has 4 nitrogen and oxygen atoms in total. The van der Waals surface area contributed by atoms with Crippen LogP contribution >= 0.6 is 0 Å². The molecule has 0 unspecified atom stereocenters. The average Bonchev–Trinajstić information content (AvgIpc) is 2.20. The first-order chi connectivity index (χ1) is 6.94. The lowest BCUT2D eigenvalue weighted by molar-refractivity contribution is 0.390. The summed E-state index contributed by atoms with van der Waals surface area (Å²) in [5.41, 5.74) is 0.281. The Morgan fingerprint density at radius 3 is 2.80 bits per heavy atom. The van der Waals surface area contributed by atoms with Crippen LogP contribution in [0.25, 0.3) is 0 Å². The lowest BCUT2D eigenvalue weighted by atomic mass is 9.92. The predicted octanol–water partition coefficient (Wildman–Crippen LogP) is 1.49. The quantitative estimate of drug-likeness (QED) is 0.751. The Morgan fingerprint density at radius 1 is 1.53 bits per heavy atom. The molecule has 1 heterocycles. The minimum Gasteiger partial charge on any atom is -0.268 e. The Bertz CT molecular complexity index is 440. The van der Waals surface area contributed by atoms with E-state index >= 15 is 0 Å². The summed E-state index contributed by atoms with van der Waals surface area (Å²) >= 11 is 0. The Hall–Kier alpha value is -1.63. The fraction of sp³-hybridized carbons (Fsp3) is 0.545. The lowest BCUT2D eigenvalue weighted by Crippen LogP contribution is -2.25. The van der Waals surface area contributed by atoms with Crippen LogP contribution in [-0.2, 0) is 6.54 Å². The van der Waals surface area contributed by atoms with E-state index in [4.69, 9.17) is 5.26 Å². The van der Waals surface area contributed by atoms with Gasteiger partial charge in [-0.1, -0.05) is 0 Å². The molecule has 0 aromatic carbocycles. The summed E-state index contributed by atoms with van der Waals surface area (Å²) in [6.07, 6.45) is 0.625. The van der Waals surface area contributed by atoms with Gasteiger partial charge in [0.25, 0.3) is 5.56 Å². The minimum absolute atomic E-state index is 0.116. The van der Waals surface area contributed by atoms with Crippen LogP contribution in [0.1, 0.15) is 26.0 Å². The fourth-order valence-corrected chi connectivity index (χ4v) is 1.15. The van der Waals surface area contributed by atoms with Gasteiger partial charge in [0, 0.05) is 12.6 Å². The molecule has 0 saturated carbocycles. The molecule has 0 fully saturated rings. The number of aryl methyl sites for hydroxylation is 2. The van der Waals surface area contributed by atoms with Crippen molar-refractivity contribution < 1.29 is 0 Å². The number of nitrogens with zero attached hydrogens (tertiary/aromatic N) is 3. The van der Waals surface area contributed by atoms with Gasteiger partial charge in [0.2, 0.25) is 0 Å². The zero-order chi connectivity index (χ0) is 11.5. The van der Waals surface area contributed by atoms with Crippen molar-refractivity contribution in [2.45, 2.75) is 33.7 Å². The average molecular weight is 205 g/mol. The smallest absolute Gasteiger partial charge is 0.266 e. The van der Waals surface area contributed by atoms with Gasteiger partial charge in [0.1, 0.15) is 0 Å². The van der Waals surface area contributed by atoms with Crippen molar-refractivity contribution in [1.82, 2.24) is 9.78 Å². The standard InChI is InChI=1S/C11H15N3O/c1-9-4-5-10(15)14(13-9)7-6-11(2,3)8-12/h4-5H,6-7H2,1-3H3. The maximum absolute atomic E-state index is 11.4. The molecule has 0 N–H and O–H groups in total. The van der Waals surface area contributed by atoms with Crippen molar-refractivity contribution in [3.8, 4) is 6.07 Å². The van der Waals surface area contributed by atoms with E-state index in [9.17, 15) is 4.79 Å². The molecule has 15 heavy (non-hydrogen) atoms. The number of rotatable bonds is 3. The molecule has 0 saturated heterocycles. The van der Waals surface area contributed by atoms with Gasteiger partial charge >= 0.3 is 0 Å². The highest BCUT2D eigenvalue weighted by atomic mass is 16.1. The summed E-state index contributed by atoms with van der Waals surface area (Å²) in [7, 11) is 0. The van der Waals surface area contributed by atoms with E-state index < -0.39 is 5.41 Å². The molecule has 0 aliphatic heterocycles. The molecule has 0 radical (unpaired) electrons. The van der Waals surface area contributed by atoms with E-state index in [2.05, 4.69) is 11.2 Å². The predicted molar refractivity (Wildman–Crippen MR) is 57.2 cm³/mol. The molecular formula is C11H15N3O. The maximum Gasteiger partial charge on any atom is 0.266 e. The molecule has 0 amide bonds. The second-order valence-corrected chi connectivity index (χ2v) is 4.28. The number of hydrogen-bond donors (Lipinski definition) is 0. The highest BCUT2D eigenvalue weighted by Gasteiger charge is 2.16. The first kappa shape index (κ1) is 11.4. The first-order valence-electron chi connectivity index (χ1n) is 4.91. The minimum atomic E-state index is -0.412. The number of aromatic nitrogens is 2. The molecule has 0 aliphatic carbocycles. The van der Waals surface area contributed by atoms with E-state index in [0.717, 1.165) is 5.69 Å². The SMILES string of the molecule is Cc1ccc(=O)n(CCC(C)(C)C#N)n1. The maximum atomic E-state index is 11.4. The number of hydrogen-bond acceptors (Lipinski definition) is 3. The van der Waals surface area contributed by atoms with E-state index in [1.807, 2.05) is 20.8 Å². The van der Waals surface area contributed by atoms with E-state index in [1.54, 1.807) is 6.07 Å². The van der Waals surface area contributed by atoms with Gasteiger partial charge < -0.3 is 0 Å². The third-order valence-electron chi connectivity index (χ3n) is 2.25. The molecule has 0 spiro atoms. The van der Waals surface area contributed by atoms with Crippen molar-refractivity contribution >= 4 is 0 Å².